The molecule has 0 saturated carbocycles. The second-order valence-electron chi connectivity index (χ2n) is 7.17. The Morgan fingerprint density at radius 1 is 1.34 bits per heavy atom. The molecule has 1 atom stereocenters. The van der Waals surface area contributed by atoms with Gasteiger partial charge in [0, 0.05) is 0 Å². The van der Waals surface area contributed by atoms with Gasteiger partial charge in [-0.05, 0) is 6.42 Å². The average molecular weight is 509 g/mol. The Kier molecular flexibility index (Phi) is 10.9. The predicted molar refractivity (Wildman–Crippen MR) is 121 cm³/mol. The summed E-state index contributed by atoms with van der Waals surface area (Å²) in [5.74, 6) is -0.560. The van der Waals surface area contributed by atoms with Gasteiger partial charge in [0.1, 0.15) is 0 Å². The van der Waals surface area contributed by atoms with Gasteiger partial charge in [0.25, 0.3) is 0 Å². The fourth-order valence-corrected chi connectivity index (χ4v) is 4.82. The maximum absolute atomic E-state index is 12.5. The van der Waals surface area contributed by atoms with Crippen molar-refractivity contribution < 1.29 is 29.3 Å². The van der Waals surface area contributed by atoms with Crippen LogP contribution in [0, 0.1) is 0 Å². The molecule has 0 saturated heterocycles. The molecule has 1 aromatic rings. The van der Waals surface area contributed by atoms with Crippen molar-refractivity contribution in [2.75, 3.05) is 26.2 Å². The monoisotopic (exact) mass is 509 g/mol. The molecule has 11 heteroatoms. The SMILES string of the molecule is CCCCC(=O)N[C@H](C[As]C(=O)c1ccc(OCCNC2=NCCCN2)cc1O)C(=O)O. The van der Waals surface area contributed by atoms with Crippen LogP contribution in [0.4, 0.5) is 0 Å². The Bertz CT molecular complexity index is 833. The molecule has 175 valence electrons. The zero-order valence-corrected chi connectivity index (χ0v) is 20.0. The van der Waals surface area contributed by atoms with Crippen LogP contribution in [0.25, 0.3) is 0 Å². The number of hydrogen-bond acceptors (Lipinski definition) is 8. The number of carbonyl (C=O) groups excluding carboxylic acids is 2. The van der Waals surface area contributed by atoms with Crippen LogP contribution in [0.2, 0.25) is 5.21 Å². The molecule has 0 spiro atoms. The molecule has 5 N–H and O–H groups in total. The Morgan fingerprint density at radius 3 is 2.81 bits per heavy atom. The quantitative estimate of drug-likeness (QED) is 0.193. The summed E-state index contributed by atoms with van der Waals surface area (Å²) in [6.07, 6.45) is 2.78. The minimum absolute atomic E-state index is 0.0316. The van der Waals surface area contributed by atoms with E-state index < -0.39 is 27.8 Å². The third kappa shape index (κ3) is 8.78. The van der Waals surface area contributed by atoms with E-state index in [1.165, 1.54) is 12.1 Å². The van der Waals surface area contributed by atoms with Gasteiger partial charge in [-0.25, -0.2) is 0 Å². The zero-order valence-electron chi connectivity index (χ0n) is 18.1. The van der Waals surface area contributed by atoms with Gasteiger partial charge in [-0.3, -0.25) is 0 Å². The van der Waals surface area contributed by atoms with Crippen LogP contribution in [0.3, 0.4) is 0 Å². The molecule has 1 aliphatic heterocycles. The van der Waals surface area contributed by atoms with Gasteiger partial charge in [-0.1, -0.05) is 0 Å². The number of phenols is 1. The number of unbranched alkanes of at least 4 members (excludes halogenated alkanes) is 1. The molecule has 1 radical (unpaired) electrons. The molecule has 1 aliphatic rings. The molecule has 32 heavy (non-hydrogen) atoms. The fraction of sp³-hybridized carbons (Fsp3) is 0.524. The van der Waals surface area contributed by atoms with E-state index >= 15 is 0 Å². The number of nitrogens with one attached hydrogen (secondary N) is 3. The van der Waals surface area contributed by atoms with E-state index in [1.807, 2.05) is 6.92 Å². The molecular weight excluding hydrogens is 479 g/mol. The molecule has 1 heterocycles. The number of nitrogens with zero attached hydrogens (tertiary/aromatic N) is 1. The van der Waals surface area contributed by atoms with Crippen LogP contribution in [0.5, 0.6) is 11.5 Å². The Labute approximate surface area is 193 Å². The summed E-state index contributed by atoms with van der Waals surface area (Å²) in [5, 5.41) is 28.3. The number of aliphatic imine (C=N–C) groups is 1. The first-order valence-electron chi connectivity index (χ1n) is 10.6. The molecule has 1 amide bonds. The van der Waals surface area contributed by atoms with Gasteiger partial charge in [0.15, 0.2) is 0 Å². The molecular formula is C21H30AsN4O6. The van der Waals surface area contributed by atoms with Gasteiger partial charge in [-0.15, -0.1) is 0 Å². The first kappa shape index (κ1) is 25.5. The maximum atomic E-state index is 12.5. The molecule has 0 fully saturated rings. The van der Waals surface area contributed by atoms with E-state index in [0.717, 1.165) is 31.9 Å². The van der Waals surface area contributed by atoms with E-state index in [1.54, 1.807) is 6.07 Å². The standard InChI is InChI=1S/C21H30AsN4O6/c1-2-3-5-18(28)26-16(20(30)31)13-22-19(29)15-7-6-14(12-17(15)27)32-11-10-25-21-23-8-4-9-24-21/h6-7,12,16,27H,2-5,8-11,13H2,1H3,(H,26,28)(H,30,31)(H2,23,24,25)/t16-/m1/s1. The number of aromatic hydroxyl groups is 1. The van der Waals surface area contributed by atoms with Gasteiger partial charge >= 0.3 is 187 Å². The van der Waals surface area contributed by atoms with E-state index in [2.05, 4.69) is 20.9 Å². The summed E-state index contributed by atoms with van der Waals surface area (Å²) in [7, 11) is 0. The molecule has 2 rings (SSSR count). The summed E-state index contributed by atoms with van der Waals surface area (Å²) < 4.78 is 5.27. The fourth-order valence-electron chi connectivity index (χ4n) is 2.82. The predicted octanol–water partition coefficient (Wildman–Crippen LogP) is 0.732. The second-order valence-corrected chi connectivity index (χ2v) is 9.45. The third-order valence-electron chi connectivity index (χ3n) is 4.57. The van der Waals surface area contributed by atoms with Crippen LogP contribution < -0.4 is 20.7 Å². The number of aliphatic carboxylic acids is 1. The topological polar surface area (TPSA) is 149 Å². The van der Waals surface area contributed by atoms with E-state index in [-0.39, 0.29) is 33.4 Å². The summed E-state index contributed by atoms with van der Waals surface area (Å²) in [4.78, 5) is 40.0. The number of benzene rings is 1. The Hall–Kier alpha value is -2.74. The number of carboxylic acid groups (broad SMARTS) is 1. The summed E-state index contributed by atoms with van der Waals surface area (Å²) in [5.41, 5.74) is 0.123. The van der Waals surface area contributed by atoms with Crippen molar-refractivity contribution in [1.29, 1.82) is 0 Å². The number of phenolic OH excluding ortho intramolecular Hbond substituents is 1. The number of carboxylic acids is 1. The molecule has 1 aromatic carbocycles. The van der Waals surface area contributed by atoms with Crippen LogP contribution in [0.1, 0.15) is 43.0 Å². The number of amides is 1. The van der Waals surface area contributed by atoms with E-state index in [4.69, 9.17) is 4.74 Å². The Balaban J connectivity index is 1.81. The second kappa shape index (κ2) is 13.6. The van der Waals surface area contributed by atoms with Crippen LogP contribution >= 0.6 is 0 Å². The summed E-state index contributed by atoms with van der Waals surface area (Å²) >= 11 is -1.08. The van der Waals surface area contributed by atoms with Crippen LogP contribution in [-0.4, -0.2) is 80.7 Å². The first-order chi connectivity index (χ1) is 15.4. The number of guanidine groups is 1. The average Bonchev–Trinajstić information content (AvgIpc) is 2.78. The van der Waals surface area contributed by atoms with Crippen molar-refractivity contribution in [2.24, 2.45) is 4.99 Å². The first-order valence-corrected chi connectivity index (χ1v) is 12.9. The molecule has 0 bridgehead atoms. The van der Waals surface area contributed by atoms with Crippen molar-refractivity contribution in [2.45, 2.75) is 43.9 Å². The van der Waals surface area contributed by atoms with Crippen LogP contribution in [-0.2, 0) is 9.59 Å². The van der Waals surface area contributed by atoms with Gasteiger partial charge < -0.3 is 0 Å². The van der Waals surface area contributed by atoms with Crippen LogP contribution in [0.15, 0.2) is 23.2 Å². The normalized spacial score (nSPS) is 14.3. The van der Waals surface area contributed by atoms with Gasteiger partial charge in [0.2, 0.25) is 0 Å². The van der Waals surface area contributed by atoms with E-state index in [9.17, 15) is 24.6 Å². The van der Waals surface area contributed by atoms with Crippen molar-refractivity contribution in [3.05, 3.63) is 23.8 Å². The van der Waals surface area contributed by atoms with Gasteiger partial charge in [-0.2, -0.15) is 0 Å². The summed E-state index contributed by atoms with van der Waals surface area (Å²) in [6, 6.07) is 3.32. The molecule has 0 aliphatic carbocycles. The number of carbonyl (C=O) groups is 3. The van der Waals surface area contributed by atoms with Crippen molar-refractivity contribution in [1.82, 2.24) is 16.0 Å². The summed E-state index contributed by atoms with van der Waals surface area (Å²) in [6.45, 7) is 4.49. The van der Waals surface area contributed by atoms with E-state index in [0.29, 0.717) is 25.3 Å². The third-order valence-corrected chi connectivity index (χ3v) is 6.83. The van der Waals surface area contributed by atoms with Gasteiger partial charge in [0.05, 0.1) is 0 Å². The molecule has 10 nitrogen and oxygen atoms in total. The van der Waals surface area contributed by atoms with Crippen molar-refractivity contribution in [3.63, 3.8) is 0 Å². The minimum atomic E-state index is -1.17. The number of hydrogen-bond donors (Lipinski definition) is 5. The zero-order chi connectivity index (χ0) is 23.3. The molecule has 0 aromatic heterocycles. The number of rotatable bonds is 13. The molecule has 0 unspecified atom stereocenters. The van der Waals surface area contributed by atoms with Crippen molar-refractivity contribution >= 4 is 38.2 Å². The Morgan fingerprint density at radius 2 is 2.16 bits per heavy atom. The van der Waals surface area contributed by atoms with Crippen molar-refractivity contribution in [3.8, 4) is 11.5 Å². The number of ether oxygens (including phenoxy) is 1.